The number of aromatic nitrogens is 3. The Bertz CT molecular complexity index is 655. The third kappa shape index (κ3) is 4.01. The molecule has 0 spiro atoms. The van der Waals surface area contributed by atoms with Gasteiger partial charge in [-0.1, -0.05) is 11.6 Å². The highest BCUT2D eigenvalue weighted by atomic mass is 35.5. The van der Waals surface area contributed by atoms with E-state index in [0.717, 1.165) is 31.7 Å². The Morgan fingerprint density at radius 2 is 2.30 bits per heavy atom. The third-order valence-electron chi connectivity index (χ3n) is 3.61. The quantitative estimate of drug-likeness (QED) is 0.837. The molecule has 1 aliphatic heterocycles. The lowest BCUT2D eigenvalue weighted by Gasteiger charge is -2.33. The summed E-state index contributed by atoms with van der Waals surface area (Å²) < 4.78 is 11.6. The zero-order chi connectivity index (χ0) is 16.1. The van der Waals surface area contributed by atoms with Crippen LogP contribution in [0.25, 0.3) is 0 Å². The van der Waals surface area contributed by atoms with Crippen molar-refractivity contribution in [3.63, 3.8) is 0 Å². The van der Waals surface area contributed by atoms with Crippen LogP contribution in [0.15, 0.2) is 30.7 Å². The SMILES string of the molecule is CCOc1cccnc1O[C@@H]1CCCN(c2cncc(Cl)n2)C1. The van der Waals surface area contributed by atoms with E-state index in [-0.39, 0.29) is 6.10 Å². The first-order valence-electron chi connectivity index (χ1n) is 7.73. The molecule has 1 aliphatic rings. The monoisotopic (exact) mass is 334 g/mol. The van der Waals surface area contributed by atoms with Crippen LogP contribution < -0.4 is 14.4 Å². The van der Waals surface area contributed by atoms with Crippen LogP contribution in [0, 0.1) is 0 Å². The van der Waals surface area contributed by atoms with Crippen molar-refractivity contribution in [3.8, 4) is 11.6 Å². The summed E-state index contributed by atoms with van der Waals surface area (Å²) in [7, 11) is 0. The largest absolute Gasteiger partial charge is 0.488 e. The van der Waals surface area contributed by atoms with Crippen LogP contribution in [0.5, 0.6) is 11.6 Å². The number of hydrogen-bond acceptors (Lipinski definition) is 6. The zero-order valence-electron chi connectivity index (χ0n) is 13.0. The number of hydrogen-bond donors (Lipinski definition) is 0. The maximum atomic E-state index is 6.06. The lowest BCUT2D eigenvalue weighted by atomic mass is 10.1. The Labute approximate surface area is 140 Å². The number of ether oxygens (including phenoxy) is 2. The van der Waals surface area contributed by atoms with Crippen molar-refractivity contribution in [1.29, 1.82) is 0 Å². The molecule has 6 nitrogen and oxygen atoms in total. The molecule has 2 aromatic heterocycles. The standard InChI is InChI=1S/C16H19ClN4O2/c1-2-22-13-6-3-7-19-16(13)23-12-5-4-8-21(11-12)15-10-18-9-14(17)20-15/h3,6-7,9-10,12H,2,4-5,8,11H2,1H3/t12-/m1/s1. The van der Waals surface area contributed by atoms with Gasteiger partial charge in [0.2, 0.25) is 0 Å². The first-order chi connectivity index (χ1) is 11.3. The van der Waals surface area contributed by atoms with Crippen molar-refractivity contribution in [2.24, 2.45) is 0 Å². The van der Waals surface area contributed by atoms with E-state index in [4.69, 9.17) is 21.1 Å². The van der Waals surface area contributed by atoms with E-state index in [1.165, 1.54) is 6.20 Å². The van der Waals surface area contributed by atoms with Crippen molar-refractivity contribution in [1.82, 2.24) is 15.0 Å². The minimum Gasteiger partial charge on any atom is -0.488 e. The van der Waals surface area contributed by atoms with E-state index < -0.39 is 0 Å². The van der Waals surface area contributed by atoms with Gasteiger partial charge in [0, 0.05) is 12.7 Å². The Kier molecular flexibility index (Phi) is 5.12. The molecule has 122 valence electrons. The van der Waals surface area contributed by atoms with Gasteiger partial charge in [-0.05, 0) is 31.9 Å². The predicted octanol–water partition coefficient (Wildman–Crippen LogP) is 2.97. The minimum absolute atomic E-state index is 0.0265. The molecular formula is C16H19ClN4O2. The summed E-state index contributed by atoms with van der Waals surface area (Å²) >= 11 is 5.93. The molecule has 0 bridgehead atoms. The summed E-state index contributed by atoms with van der Waals surface area (Å²) in [5.41, 5.74) is 0. The second-order valence-corrected chi connectivity index (χ2v) is 5.66. The Hall–Kier alpha value is -2.08. The average Bonchev–Trinajstić information content (AvgIpc) is 2.57. The summed E-state index contributed by atoms with van der Waals surface area (Å²) in [5, 5.41) is 0.397. The van der Waals surface area contributed by atoms with E-state index in [2.05, 4.69) is 19.9 Å². The molecule has 7 heteroatoms. The topological polar surface area (TPSA) is 60.4 Å². The van der Waals surface area contributed by atoms with Crippen LogP contribution in [0.4, 0.5) is 5.82 Å². The van der Waals surface area contributed by atoms with Crippen LogP contribution in [-0.4, -0.2) is 40.8 Å². The maximum absolute atomic E-state index is 6.06. The van der Waals surface area contributed by atoms with Gasteiger partial charge in [0.15, 0.2) is 5.75 Å². The number of pyridine rings is 1. The molecule has 0 radical (unpaired) electrons. The molecule has 1 fully saturated rings. The van der Waals surface area contributed by atoms with Gasteiger partial charge in [0.05, 0.1) is 25.5 Å². The average molecular weight is 335 g/mol. The van der Waals surface area contributed by atoms with E-state index in [1.54, 1.807) is 12.4 Å². The molecule has 0 N–H and O–H groups in total. The normalized spacial score (nSPS) is 17.8. The summed E-state index contributed by atoms with van der Waals surface area (Å²) in [6, 6.07) is 3.71. The Balaban J connectivity index is 1.70. The van der Waals surface area contributed by atoms with Crippen LogP contribution in [0.3, 0.4) is 0 Å². The molecular weight excluding hydrogens is 316 g/mol. The minimum atomic E-state index is 0.0265. The zero-order valence-corrected chi connectivity index (χ0v) is 13.7. The van der Waals surface area contributed by atoms with Gasteiger partial charge in [-0.3, -0.25) is 4.98 Å². The molecule has 0 unspecified atom stereocenters. The molecule has 0 amide bonds. The first kappa shape index (κ1) is 15.8. The second kappa shape index (κ2) is 7.46. The number of nitrogens with zero attached hydrogens (tertiary/aromatic N) is 4. The number of halogens is 1. The highest BCUT2D eigenvalue weighted by Gasteiger charge is 2.24. The molecule has 3 rings (SSSR count). The smallest absolute Gasteiger partial charge is 0.257 e. The van der Waals surface area contributed by atoms with Crippen LogP contribution in [0.1, 0.15) is 19.8 Å². The van der Waals surface area contributed by atoms with Crippen molar-refractivity contribution >= 4 is 17.4 Å². The van der Waals surface area contributed by atoms with Gasteiger partial charge >= 0.3 is 0 Å². The Morgan fingerprint density at radius 3 is 3.13 bits per heavy atom. The maximum Gasteiger partial charge on any atom is 0.257 e. The van der Waals surface area contributed by atoms with Gasteiger partial charge in [0.25, 0.3) is 5.88 Å². The molecule has 23 heavy (non-hydrogen) atoms. The van der Waals surface area contributed by atoms with Crippen molar-refractivity contribution in [3.05, 3.63) is 35.9 Å². The number of anilines is 1. The van der Waals surface area contributed by atoms with Gasteiger partial charge in [0.1, 0.15) is 17.1 Å². The van der Waals surface area contributed by atoms with E-state index in [9.17, 15) is 0 Å². The molecule has 3 heterocycles. The van der Waals surface area contributed by atoms with Gasteiger partial charge in [-0.25, -0.2) is 9.97 Å². The number of piperidine rings is 1. The number of rotatable bonds is 5. The van der Waals surface area contributed by atoms with E-state index in [0.29, 0.717) is 23.4 Å². The fraction of sp³-hybridized carbons (Fsp3) is 0.438. The van der Waals surface area contributed by atoms with Gasteiger partial charge < -0.3 is 14.4 Å². The first-order valence-corrected chi connectivity index (χ1v) is 8.11. The molecule has 2 aromatic rings. The van der Waals surface area contributed by atoms with Crippen molar-refractivity contribution in [2.75, 3.05) is 24.6 Å². The van der Waals surface area contributed by atoms with Gasteiger partial charge in [-0.2, -0.15) is 0 Å². The van der Waals surface area contributed by atoms with E-state index in [1.807, 2.05) is 19.1 Å². The molecule has 1 saturated heterocycles. The van der Waals surface area contributed by atoms with Crippen LogP contribution >= 0.6 is 11.6 Å². The summed E-state index contributed by atoms with van der Waals surface area (Å²) in [6.07, 6.45) is 6.97. The van der Waals surface area contributed by atoms with Crippen molar-refractivity contribution < 1.29 is 9.47 Å². The molecule has 1 atom stereocenters. The van der Waals surface area contributed by atoms with Gasteiger partial charge in [-0.15, -0.1) is 0 Å². The lowest BCUT2D eigenvalue weighted by Crippen LogP contribution is -2.41. The molecule has 0 aromatic carbocycles. The Morgan fingerprint density at radius 1 is 1.39 bits per heavy atom. The molecule has 0 saturated carbocycles. The summed E-state index contributed by atoms with van der Waals surface area (Å²) in [4.78, 5) is 14.8. The lowest BCUT2D eigenvalue weighted by molar-refractivity contribution is 0.162. The summed E-state index contributed by atoms with van der Waals surface area (Å²) in [5.74, 6) is 1.99. The van der Waals surface area contributed by atoms with Crippen LogP contribution in [0.2, 0.25) is 5.15 Å². The second-order valence-electron chi connectivity index (χ2n) is 5.27. The highest BCUT2D eigenvalue weighted by molar-refractivity contribution is 6.29. The predicted molar refractivity (Wildman–Crippen MR) is 88.3 cm³/mol. The van der Waals surface area contributed by atoms with Crippen LogP contribution in [-0.2, 0) is 0 Å². The molecule has 0 aliphatic carbocycles. The van der Waals surface area contributed by atoms with Crippen molar-refractivity contribution in [2.45, 2.75) is 25.9 Å². The van der Waals surface area contributed by atoms with E-state index >= 15 is 0 Å². The highest BCUT2D eigenvalue weighted by Crippen LogP contribution is 2.27. The summed E-state index contributed by atoms with van der Waals surface area (Å²) in [6.45, 7) is 4.15. The fourth-order valence-electron chi connectivity index (χ4n) is 2.62. The fourth-order valence-corrected chi connectivity index (χ4v) is 2.76. The third-order valence-corrected chi connectivity index (χ3v) is 3.79.